The first-order valence-electron chi connectivity index (χ1n) is 10.4. The number of hydrogen-bond donors (Lipinski definition) is 0. The molecule has 0 radical (unpaired) electrons. The first-order chi connectivity index (χ1) is 11.6. The van der Waals surface area contributed by atoms with E-state index in [1.807, 2.05) is 0 Å². The molecule has 4 heteroatoms. The van der Waals surface area contributed by atoms with Crippen LogP contribution in [0.15, 0.2) is 0 Å². The molecular formula is C20H37N3O. The number of amides is 1. The van der Waals surface area contributed by atoms with E-state index in [9.17, 15) is 4.79 Å². The zero-order valence-corrected chi connectivity index (χ0v) is 16.0. The molecule has 3 rings (SSSR count). The molecule has 3 aliphatic heterocycles. The second kappa shape index (κ2) is 8.18. The van der Waals surface area contributed by atoms with Gasteiger partial charge in [0.15, 0.2) is 0 Å². The van der Waals surface area contributed by atoms with Gasteiger partial charge in [0.2, 0.25) is 5.91 Å². The summed E-state index contributed by atoms with van der Waals surface area (Å²) in [6.45, 7) is 13.6. The van der Waals surface area contributed by atoms with Crippen molar-refractivity contribution in [2.75, 3.05) is 39.3 Å². The number of likely N-dealkylation sites (tertiary alicyclic amines) is 3. The molecule has 0 spiro atoms. The SMILES string of the molecule is CCN1CCC[C@H]1[C@H]1CCCN1C(=O)C1CCN(CC(C)C)CC1. The highest BCUT2D eigenvalue weighted by molar-refractivity contribution is 5.79. The van der Waals surface area contributed by atoms with Crippen molar-refractivity contribution in [2.24, 2.45) is 11.8 Å². The number of rotatable bonds is 5. The van der Waals surface area contributed by atoms with Gasteiger partial charge in [-0.2, -0.15) is 0 Å². The summed E-state index contributed by atoms with van der Waals surface area (Å²) >= 11 is 0. The normalized spacial score (nSPS) is 30.6. The van der Waals surface area contributed by atoms with Crippen LogP contribution in [0, 0.1) is 11.8 Å². The Labute approximate surface area is 148 Å². The molecule has 0 N–H and O–H groups in total. The lowest BCUT2D eigenvalue weighted by molar-refractivity contribution is -0.139. The molecule has 3 saturated heterocycles. The lowest BCUT2D eigenvalue weighted by Gasteiger charge is -2.38. The highest BCUT2D eigenvalue weighted by atomic mass is 16.2. The third-order valence-corrected chi connectivity index (χ3v) is 6.41. The van der Waals surface area contributed by atoms with Crippen LogP contribution in [0.3, 0.4) is 0 Å². The molecule has 0 aromatic carbocycles. The second-order valence-electron chi connectivity index (χ2n) is 8.55. The van der Waals surface area contributed by atoms with Gasteiger partial charge in [-0.25, -0.2) is 0 Å². The second-order valence-corrected chi connectivity index (χ2v) is 8.55. The van der Waals surface area contributed by atoms with Crippen LogP contribution >= 0.6 is 0 Å². The minimum absolute atomic E-state index is 0.283. The van der Waals surface area contributed by atoms with Crippen molar-refractivity contribution >= 4 is 5.91 Å². The first-order valence-corrected chi connectivity index (χ1v) is 10.4. The fraction of sp³-hybridized carbons (Fsp3) is 0.950. The summed E-state index contributed by atoms with van der Waals surface area (Å²) < 4.78 is 0. The molecule has 24 heavy (non-hydrogen) atoms. The van der Waals surface area contributed by atoms with Crippen molar-refractivity contribution < 1.29 is 4.79 Å². The summed E-state index contributed by atoms with van der Waals surface area (Å²) in [4.78, 5) is 20.6. The van der Waals surface area contributed by atoms with Gasteiger partial charge in [0.05, 0.1) is 0 Å². The van der Waals surface area contributed by atoms with Crippen molar-refractivity contribution in [1.82, 2.24) is 14.7 Å². The summed E-state index contributed by atoms with van der Waals surface area (Å²) in [5, 5.41) is 0. The van der Waals surface area contributed by atoms with Crippen molar-refractivity contribution in [2.45, 2.75) is 71.4 Å². The number of carbonyl (C=O) groups excluding carboxylic acids is 1. The Hall–Kier alpha value is -0.610. The molecule has 0 aromatic rings. The Morgan fingerprint density at radius 1 is 0.958 bits per heavy atom. The highest BCUT2D eigenvalue weighted by Gasteiger charge is 2.41. The van der Waals surface area contributed by atoms with Crippen LogP contribution in [0.1, 0.15) is 59.3 Å². The molecule has 3 aliphatic rings. The summed E-state index contributed by atoms with van der Waals surface area (Å²) in [6, 6.07) is 1.12. The number of likely N-dealkylation sites (N-methyl/N-ethyl adjacent to an activating group) is 1. The molecule has 2 atom stereocenters. The van der Waals surface area contributed by atoms with Gasteiger partial charge in [-0.1, -0.05) is 20.8 Å². The number of nitrogens with zero attached hydrogens (tertiary/aromatic N) is 3. The van der Waals surface area contributed by atoms with E-state index >= 15 is 0 Å². The maximum atomic E-state index is 13.2. The third kappa shape index (κ3) is 3.96. The topological polar surface area (TPSA) is 26.8 Å². The Morgan fingerprint density at radius 3 is 2.29 bits per heavy atom. The average molecular weight is 336 g/mol. The van der Waals surface area contributed by atoms with E-state index in [2.05, 4.69) is 35.5 Å². The predicted molar refractivity (Wildman–Crippen MR) is 99.0 cm³/mol. The minimum atomic E-state index is 0.283. The quantitative estimate of drug-likeness (QED) is 0.773. The molecule has 1 amide bonds. The molecule has 138 valence electrons. The maximum absolute atomic E-state index is 13.2. The highest BCUT2D eigenvalue weighted by Crippen LogP contribution is 2.32. The van der Waals surface area contributed by atoms with E-state index in [1.165, 1.54) is 38.8 Å². The molecule has 0 unspecified atom stereocenters. The Bertz CT molecular complexity index is 417. The van der Waals surface area contributed by atoms with Crippen LogP contribution in [0.25, 0.3) is 0 Å². The largest absolute Gasteiger partial charge is 0.338 e. The zero-order valence-electron chi connectivity index (χ0n) is 16.0. The van der Waals surface area contributed by atoms with Crippen molar-refractivity contribution in [3.8, 4) is 0 Å². The van der Waals surface area contributed by atoms with E-state index in [-0.39, 0.29) is 5.92 Å². The van der Waals surface area contributed by atoms with Crippen LogP contribution in [0.5, 0.6) is 0 Å². The Balaban J connectivity index is 1.56. The number of hydrogen-bond acceptors (Lipinski definition) is 3. The van der Waals surface area contributed by atoms with Gasteiger partial charge in [-0.05, 0) is 70.6 Å². The van der Waals surface area contributed by atoms with Crippen LogP contribution in [-0.2, 0) is 4.79 Å². The summed E-state index contributed by atoms with van der Waals surface area (Å²) in [5.41, 5.74) is 0. The third-order valence-electron chi connectivity index (χ3n) is 6.41. The van der Waals surface area contributed by atoms with Gasteiger partial charge >= 0.3 is 0 Å². The van der Waals surface area contributed by atoms with Gasteiger partial charge in [0.1, 0.15) is 0 Å². The number of carbonyl (C=O) groups is 1. The van der Waals surface area contributed by atoms with Gasteiger partial charge in [0.25, 0.3) is 0 Å². The standard InChI is InChI=1S/C20H37N3O/c1-4-22-11-5-7-18(22)19-8-6-12-23(19)20(24)17-9-13-21(14-10-17)15-16(2)3/h16-19H,4-15H2,1-3H3/t18-,19+/m0/s1. The molecular weight excluding hydrogens is 298 g/mol. The molecule has 0 saturated carbocycles. The molecule has 0 aliphatic carbocycles. The van der Waals surface area contributed by atoms with Crippen LogP contribution < -0.4 is 0 Å². The van der Waals surface area contributed by atoms with Gasteiger partial charge < -0.3 is 9.80 Å². The van der Waals surface area contributed by atoms with E-state index in [4.69, 9.17) is 0 Å². The first kappa shape index (κ1) is 18.2. The lowest BCUT2D eigenvalue weighted by atomic mass is 9.93. The fourth-order valence-electron chi connectivity index (χ4n) is 5.26. The predicted octanol–water partition coefficient (Wildman–Crippen LogP) is 2.83. The van der Waals surface area contributed by atoms with Gasteiger partial charge in [0, 0.05) is 31.1 Å². The van der Waals surface area contributed by atoms with Gasteiger partial charge in [-0.3, -0.25) is 9.69 Å². The van der Waals surface area contributed by atoms with E-state index in [0.717, 1.165) is 44.9 Å². The molecule has 3 fully saturated rings. The number of piperidine rings is 1. The molecule has 0 aromatic heterocycles. The van der Waals surface area contributed by atoms with Crippen molar-refractivity contribution in [1.29, 1.82) is 0 Å². The molecule has 0 bridgehead atoms. The summed E-state index contributed by atoms with van der Waals surface area (Å²) in [7, 11) is 0. The monoisotopic (exact) mass is 335 g/mol. The Morgan fingerprint density at radius 2 is 1.62 bits per heavy atom. The van der Waals surface area contributed by atoms with Crippen LogP contribution in [-0.4, -0.2) is 72.0 Å². The molecule has 4 nitrogen and oxygen atoms in total. The van der Waals surface area contributed by atoms with E-state index in [1.54, 1.807) is 0 Å². The smallest absolute Gasteiger partial charge is 0.226 e. The van der Waals surface area contributed by atoms with Gasteiger partial charge in [-0.15, -0.1) is 0 Å². The van der Waals surface area contributed by atoms with Crippen LogP contribution in [0.2, 0.25) is 0 Å². The summed E-state index contributed by atoms with van der Waals surface area (Å²) in [6.07, 6.45) is 7.16. The molecule has 3 heterocycles. The van der Waals surface area contributed by atoms with Crippen molar-refractivity contribution in [3.05, 3.63) is 0 Å². The zero-order chi connectivity index (χ0) is 17.1. The van der Waals surface area contributed by atoms with Crippen molar-refractivity contribution in [3.63, 3.8) is 0 Å². The van der Waals surface area contributed by atoms with E-state index < -0.39 is 0 Å². The Kier molecular flexibility index (Phi) is 6.20. The lowest BCUT2D eigenvalue weighted by Crippen LogP contribution is -2.51. The average Bonchev–Trinajstić information content (AvgIpc) is 3.22. The van der Waals surface area contributed by atoms with Crippen LogP contribution in [0.4, 0.5) is 0 Å². The maximum Gasteiger partial charge on any atom is 0.226 e. The van der Waals surface area contributed by atoms with E-state index in [0.29, 0.717) is 18.0 Å². The fourth-order valence-corrected chi connectivity index (χ4v) is 5.26. The minimum Gasteiger partial charge on any atom is -0.338 e. The summed E-state index contributed by atoms with van der Waals surface area (Å²) in [5.74, 6) is 1.48.